The minimum absolute atomic E-state index is 0.262. The Bertz CT molecular complexity index is 846. The van der Waals surface area contributed by atoms with Crippen molar-refractivity contribution < 1.29 is 9.21 Å². The van der Waals surface area contributed by atoms with Crippen molar-refractivity contribution >= 4 is 23.3 Å². The molecule has 0 radical (unpaired) electrons. The molecule has 5 nitrogen and oxygen atoms in total. The molecular formula is C18H16ClN3O2. The van der Waals surface area contributed by atoms with Crippen LogP contribution >= 0.6 is 11.6 Å². The van der Waals surface area contributed by atoms with Crippen LogP contribution in [0.2, 0.25) is 5.02 Å². The van der Waals surface area contributed by atoms with Gasteiger partial charge in [0.1, 0.15) is 11.5 Å². The molecule has 2 aromatic carbocycles. The maximum absolute atomic E-state index is 12.0. The Hall–Kier alpha value is -2.79. The topological polar surface area (TPSA) is 67.2 Å². The van der Waals surface area contributed by atoms with E-state index in [0.717, 1.165) is 5.56 Å². The van der Waals surface area contributed by atoms with Gasteiger partial charge >= 0.3 is 6.03 Å². The van der Waals surface area contributed by atoms with Crippen molar-refractivity contribution in [2.24, 2.45) is 0 Å². The van der Waals surface area contributed by atoms with Crippen molar-refractivity contribution in [3.05, 3.63) is 71.1 Å². The van der Waals surface area contributed by atoms with Gasteiger partial charge in [0, 0.05) is 5.56 Å². The van der Waals surface area contributed by atoms with E-state index in [4.69, 9.17) is 16.0 Å². The fourth-order valence-corrected chi connectivity index (χ4v) is 2.37. The molecule has 2 N–H and O–H groups in total. The molecule has 3 aromatic rings. The summed E-state index contributed by atoms with van der Waals surface area (Å²) in [4.78, 5) is 16.4. The molecule has 0 atom stereocenters. The average molecular weight is 342 g/mol. The van der Waals surface area contributed by atoms with Crippen LogP contribution in [0.1, 0.15) is 11.5 Å². The first-order chi connectivity index (χ1) is 11.6. The predicted octanol–water partition coefficient (Wildman–Crippen LogP) is 4.63. The molecule has 2 amide bonds. The van der Waals surface area contributed by atoms with Crippen LogP contribution in [0.5, 0.6) is 0 Å². The minimum Gasteiger partial charge on any atom is -0.441 e. The fourth-order valence-electron chi connectivity index (χ4n) is 2.19. The highest BCUT2D eigenvalue weighted by atomic mass is 35.5. The van der Waals surface area contributed by atoms with Gasteiger partial charge in [-0.1, -0.05) is 41.9 Å². The van der Waals surface area contributed by atoms with Crippen LogP contribution < -0.4 is 10.6 Å². The number of carbonyl (C=O) groups excluding carboxylic acids is 1. The lowest BCUT2D eigenvalue weighted by molar-refractivity contribution is 0.251. The third kappa shape index (κ3) is 3.75. The number of aryl methyl sites for hydroxylation is 1. The van der Waals surface area contributed by atoms with Gasteiger partial charge < -0.3 is 15.1 Å². The Kier molecular flexibility index (Phi) is 4.82. The lowest BCUT2D eigenvalue weighted by Gasteiger charge is -2.07. The Balaban J connectivity index is 1.64. The molecule has 0 aliphatic heterocycles. The molecule has 0 bridgehead atoms. The van der Waals surface area contributed by atoms with Crippen molar-refractivity contribution in [2.75, 3.05) is 5.32 Å². The summed E-state index contributed by atoms with van der Waals surface area (Å²) < 4.78 is 5.67. The SMILES string of the molecule is Cc1oc(-c2ccccc2)nc1CNC(=O)Nc1ccccc1Cl. The van der Waals surface area contributed by atoms with Crippen LogP contribution in [0.15, 0.2) is 59.0 Å². The summed E-state index contributed by atoms with van der Waals surface area (Å²) in [5.74, 6) is 1.21. The number of halogens is 1. The number of oxazole rings is 1. The zero-order valence-corrected chi connectivity index (χ0v) is 13.8. The molecule has 6 heteroatoms. The van der Waals surface area contributed by atoms with E-state index in [1.165, 1.54) is 0 Å². The molecule has 0 unspecified atom stereocenters. The number of benzene rings is 2. The smallest absolute Gasteiger partial charge is 0.319 e. The number of amides is 2. The van der Waals surface area contributed by atoms with E-state index in [0.29, 0.717) is 28.1 Å². The highest BCUT2D eigenvalue weighted by Crippen LogP contribution is 2.22. The third-order valence-electron chi connectivity index (χ3n) is 3.45. The summed E-state index contributed by atoms with van der Waals surface area (Å²) in [6.45, 7) is 2.08. The largest absolute Gasteiger partial charge is 0.441 e. The number of aromatic nitrogens is 1. The maximum atomic E-state index is 12.0. The zero-order valence-electron chi connectivity index (χ0n) is 13.0. The first-order valence-electron chi connectivity index (χ1n) is 7.44. The van der Waals surface area contributed by atoms with Crippen molar-refractivity contribution in [1.82, 2.24) is 10.3 Å². The highest BCUT2D eigenvalue weighted by molar-refractivity contribution is 6.33. The van der Waals surface area contributed by atoms with Gasteiger partial charge in [-0.3, -0.25) is 0 Å². The van der Waals surface area contributed by atoms with Crippen LogP contribution in [0.4, 0.5) is 10.5 Å². The number of carbonyl (C=O) groups is 1. The standard InChI is InChI=1S/C18H16ClN3O2/c1-12-16(21-17(24-12)13-7-3-2-4-8-13)11-20-18(23)22-15-10-6-5-9-14(15)19/h2-10H,11H2,1H3,(H2,20,22,23). The number of anilines is 1. The van der Waals surface area contributed by atoms with Gasteiger partial charge in [-0.15, -0.1) is 0 Å². The molecule has 24 heavy (non-hydrogen) atoms. The second kappa shape index (κ2) is 7.19. The minimum atomic E-state index is -0.355. The quantitative estimate of drug-likeness (QED) is 0.727. The number of nitrogens with one attached hydrogen (secondary N) is 2. The van der Waals surface area contributed by atoms with Crippen LogP contribution in [0.25, 0.3) is 11.5 Å². The predicted molar refractivity (Wildman–Crippen MR) is 94.0 cm³/mol. The molecule has 0 saturated carbocycles. The molecule has 0 aliphatic carbocycles. The van der Waals surface area contributed by atoms with Crippen molar-refractivity contribution in [3.8, 4) is 11.5 Å². The van der Waals surface area contributed by atoms with E-state index >= 15 is 0 Å². The van der Waals surface area contributed by atoms with E-state index in [-0.39, 0.29) is 12.6 Å². The summed E-state index contributed by atoms with van der Waals surface area (Å²) in [5.41, 5.74) is 2.13. The fraction of sp³-hybridized carbons (Fsp3) is 0.111. The first kappa shape index (κ1) is 16.1. The summed E-state index contributed by atoms with van der Waals surface area (Å²) in [7, 11) is 0. The number of urea groups is 1. The summed E-state index contributed by atoms with van der Waals surface area (Å²) in [5, 5.41) is 5.93. The van der Waals surface area contributed by atoms with Crippen LogP contribution in [-0.4, -0.2) is 11.0 Å². The second-order valence-electron chi connectivity index (χ2n) is 5.18. The van der Waals surface area contributed by atoms with Gasteiger partial charge in [0.2, 0.25) is 5.89 Å². The molecule has 122 valence electrons. The maximum Gasteiger partial charge on any atom is 0.319 e. The lowest BCUT2D eigenvalue weighted by atomic mass is 10.2. The lowest BCUT2D eigenvalue weighted by Crippen LogP contribution is -2.28. The molecular weight excluding hydrogens is 326 g/mol. The molecule has 0 aliphatic rings. The van der Waals surface area contributed by atoms with Gasteiger partial charge in [0.05, 0.1) is 17.3 Å². The molecule has 0 saturated heterocycles. The summed E-state index contributed by atoms with van der Waals surface area (Å²) >= 11 is 6.01. The average Bonchev–Trinajstić information content (AvgIpc) is 2.97. The Morgan fingerprint density at radius 1 is 1.12 bits per heavy atom. The van der Waals surface area contributed by atoms with Crippen LogP contribution in [0.3, 0.4) is 0 Å². The number of nitrogens with zero attached hydrogens (tertiary/aromatic N) is 1. The third-order valence-corrected chi connectivity index (χ3v) is 3.78. The summed E-state index contributed by atoms with van der Waals surface area (Å²) in [6.07, 6.45) is 0. The van der Waals surface area contributed by atoms with Gasteiger partial charge in [-0.05, 0) is 31.2 Å². The second-order valence-corrected chi connectivity index (χ2v) is 5.58. The molecule has 0 spiro atoms. The van der Waals surface area contributed by atoms with E-state index < -0.39 is 0 Å². The van der Waals surface area contributed by atoms with Crippen LogP contribution in [0, 0.1) is 6.92 Å². The monoisotopic (exact) mass is 341 g/mol. The van der Waals surface area contributed by atoms with E-state index in [1.54, 1.807) is 24.3 Å². The molecule has 0 fully saturated rings. The van der Waals surface area contributed by atoms with E-state index in [2.05, 4.69) is 15.6 Å². The number of hydrogen-bond donors (Lipinski definition) is 2. The van der Waals surface area contributed by atoms with Gasteiger partial charge in [-0.25, -0.2) is 9.78 Å². The first-order valence-corrected chi connectivity index (χ1v) is 7.82. The Labute approximate surface area is 144 Å². The van der Waals surface area contributed by atoms with Gasteiger partial charge in [0.25, 0.3) is 0 Å². The van der Waals surface area contributed by atoms with Crippen molar-refractivity contribution in [3.63, 3.8) is 0 Å². The van der Waals surface area contributed by atoms with Gasteiger partial charge in [0.15, 0.2) is 0 Å². The number of para-hydroxylation sites is 1. The molecule has 1 heterocycles. The summed E-state index contributed by atoms with van der Waals surface area (Å²) in [6, 6.07) is 16.3. The van der Waals surface area contributed by atoms with Gasteiger partial charge in [-0.2, -0.15) is 0 Å². The Morgan fingerprint density at radius 3 is 2.58 bits per heavy atom. The van der Waals surface area contributed by atoms with E-state index in [9.17, 15) is 4.79 Å². The number of rotatable bonds is 4. The van der Waals surface area contributed by atoms with E-state index in [1.807, 2.05) is 37.3 Å². The van der Waals surface area contributed by atoms with Crippen molar-refractivity contribution in [1.29, 1.82) is 0 Å². The normalized spacial score (nSPS) is 10.4. The van der Waals surface area contributed by atoms with Crippen molar-refractivity contribution in [2.45, 2.75) is 13.5 Å². The Morgan fingerprint density at radius 2 is 1.83 bits per heavy atom. The molecule has 3 rings (SSSR count). The van der Waals surface area contributed by atoms with Crippen LogP contribution in [-0.2, 0) is 6.54 Å². The highest BCUT2D eigenvalue weighted by Gasteiger charge is 2.12. The number of hydrogen-bond acceptors (Lipinski definition) is 3. The molecule has 1 aromatic heterocycles. The zero-order chi connectivity index (χ0) is 16.9.